The van der Waals surface area contributed by atoms with Crippen molar-refractivity contribution in [3.05, 3.63) is 52.5 Å². The van der Waals surface area contributed by atoms with Gasteiger partial charge in [0.1, 0.15) is 10.6 Å². The van der Waals surface area contributed by atoms with Crippen LogP contribution in [0.3, 0.4) is 0 Å². The highest BCUT2D eigenvalue weighted by molar-refractivity contribution is 7.92. The molecule has 120 valence electrons. The number of halogens is 1. The van der Waals surface area contributed by atoms with Crippen LogP contribution in [0.2, 0.25) is 5.02 Å². The van der Waals surface area contributed by atoms with Gasteiger partial charge in [0.05, 0.1) is 10.6 Å². The molecule has 0 atom stereocenters. The van der Waals surface area contributed by atoms with Crippen molar-refractivity contribution in [3.8, 4) is 10.6 Å². The minimum atomic E-state index is -3.76. The molecule has 0 bridgehead atoms. The number of anilines is 1. The van der Waals surface area contributed by atoms with E-state index in [2.05, 4.69) is 9.82 Å². The monoisotopic (exact) mass is 367 g/mol. The highest BCUT2D eigenvalue weighted by atomic mass is 35.5. The van der Waals surface area contributed by atoms with Gasteiger partial charge in [0, 0.05) is 18.3 Å². The molecule has 8 heteroatoms. The summed E-state index contributed by atoms with van der Waals surface area (Å²) >= 11 is 7.50. The molecule has 5 nitrogen and oxygen atoms in total. The van der Waals surface area contributed by atoms with Crippen molar-refractivity contribution in [2.24, 2.45) is 7.05 Å². The Balaban J connectivity index is 2.02. The third kappa shape index (κ3) is 3.26. The van der Waals surface area contributed by atoms with Crippen molar-refractivity contribution < 1.29 is 8.42 Å². The second-order valence-corrected chi connectivity index (χ2v) is 8.07. The molecule has 0 aliphatic carbocycles. The van der Waals surface area contributed by atoms with Gasteiger partial charge in [-0.15, -0.1) is 11.3 Å². The quantitative estimate of drug-likeness (QED) is 0.760. The van der Waals surface area contributed by atoms with Crippen LogP contribution in [-0.2, 0) is 17.1 Å². The highest BCUT2D eigenvalue weighted by Gasteiger charge is 2.24. The van der Waals surface area contributed by atoms with Crippen molar-refractivity contribution in [1.29, 1.82) is 0 Å². The van der Waals surface area contributed by atoms with E-state index < -0.39 is 10.0 Å². The van der Waals surface area contributed by atoms with Crippen LogP contribution in [0.1, 0.15) is 5.56 Å². The average Bonchev–Trinajstić information content (AvgIpc) is 3.11. The Morgan fingerprint density at radius 1 is 1.30 bits per heavy atom. The molecule has 1 N–H and O–H groups in total. The highest BCUT2D eigenvalue weighted by Crippen LogP contribution is 2.31. The van der Waals surface area contributed by atoms with E-state index in [1.807, 2.05) is 24.4 Å². The summed E-state index contributed by atoms with van der Waals surface area (Å²) in [5, 5.41) is 6.67. The molecule has 0 saturated carbocycles. The van der Waals surface area contributed by atoms with Crippen molar-refractivity contribution in [2.75, 3.05) is 4.72 Å². The first-order valence-corrected chi connectivity index (χ1v) is 9.47. The predicted octanol–water partition coefficient (Wildman–Crippen LogP) is 3.91. The van der Waals surface area contributed by atoms with E-state index in [1.165, 1.54) is 22.2 Å². The Hall–Kier alpha value is -1.83. The number of nitrogens with one attached hydrogen (secondary N) is 1. The summed E-state index contributed by atoms with van der Waals surface area (Å²) in [5.74, 6) is 0. The second-order valence-electron chi connectivity index (χ2n) is 5.06. The smallest absolute Gasteiger partial charge is 0.265 e. The maximum Gasteiger partial charge on any atom is 0.265 e. The van der Waals surface area contributed by atoms with Gasteiger partial charge in [0.2, 0.25) is 0 Å². The largest absolute Gasteiger partial charge is 0.279 e. The van der Waals surface area contributed by atoms with Gasteiger partial charge >= 0.3 is 0 Å². The van der Waals surface area contributed by atoms with Crippen LogP contribution in [0.15, 0.2) is 46.8 Å². The fourth-order valence-electron chi connectivity index (χ4n) is 2.11. The first-order valence-electron chi connectivity index (χ1n) is 6.73. The van der Waals surface area contributed by atoms with Gasteiger partial charge in [-0.05, 0) is 36.1 Å². The van der Waals surface area contributed by atoms with Crippen molar-refractivity contribution in [2.45, 2.75) is 11.8 Å². The maximum absolute atomic E-state index is 12.7. The first kappa shape index (κ1) is 16.0. The molecule has 1 aromatic carbocycles. The summed E-state index contributed by atoms with van der Waals surface area (Å²) in [6.07, 6.45) is 1.49. The molecule has 0 amide bonds. The number of sulfonamides is 1. The zero-order chi connectivity index (χ0) is 16.6. The molecule has 0 aliphatic heterocycles. The Labute approximate surface area is 143 Å². The minimum absolute atomic E-state index is 0.138. The number of aryl methyl sites for hydroxylation is 2. The van der Waals surface area contributed by atoms with E-state index in [0.717, 1.165) is 10.4 Å². The van der Waals surface area contributed by atoms with Gasteiger partial charge < -0.3 is 0 Å². The molecule has 2 aromatic heterocycles. The summed E-state index contributed by atoms with van der Waals surface area (Å²) in [5.41, 5.74) is 1.74. The molecule has 3 rings (SSSR count). The number of rotatable bonds is 4. The Bertz CT molecular complexity index is 947. The van der Waals surface area contributed by atoms with Gasteiger partial charge in [-0.25, -0.2) is 8.42 Å². The molecular weight excluding hydrogens is 354 g/mol. The molecular formula is C15H14ClN3O2S2. The topological polar surface area (TPSA) is 64.0 Å². The third-order valence-electron chi connectivity index (χ3n) is 3.26. The molecule has 0 aliphatic rings. The van der Waals surface area contributed by atoms with E-state index >= 15 is 0 Å². The lowest BCUT2D eigenvalue weighted by Crippen LogP contribution is -2.13. The van der Waals surface area contributed by atoms with Gasteiger partial charge in [0.15, 0.2) is 0 Å². The van der Waals surface area contributed by atoms with Crippen molar-refractivity contribution in [1.82, 2.24) is 9.78 Å². The van der Waals surface area contributed by atoms with E-state index in [9.17, 15) is 8.42 Å². The van der Waals surface area contributed by atoms with Crippen LogP contribution in [0.5, 0.6) is 0 Å². The zero-order valence-corrected chi connectivity index (χ0v) is 14.8. The summed E-state index contributed by atoms with van der Waals surface area (Å²) in [4.78, 5) is 0.937. The fraction of sp³-hybridized carbons (Fsp3) is 0.133. The van der Waals surface area contributed by atoms with Crippen molar-refractivity contribution in [3.63, 3.8) is 0 Å². The van der Waals surface area contributed by atoms with Gasteiger partial charge in [-0.1, -0.05) is 23.7 Å². The van der Waals surface area contributed by atoms with Crippen molar-refractivity contribution >= 4 is 38.6 Å². The van der Waals surface area contributed by atoms with E-state index in [-0.39, 0.29) is 4.90 Å². The lowest BCUT2D eigenvalue weighted by Gasteiger charge is -2.09. The van der Waals surface area contributed by atoms with Crippen LogP contribution in [0.25, 0.3) is 10.6 Å². The number of aromatic nitrogens is 2. The molecule has 23 heavy (non-hydrogen) atoms. The summed E-state index contributed by atoms with van der Waals surface area (Å²) in [6, 6.07) is 8.74. The summed E-state index contributed by atoms with van der Waals surface area (Å²) in [7, 11) is -2.07. The Morgan fingerprint density at radius 2 is 2.09 bits per heavy atom. The van der Waals surface area contributed by atoms with Crippen LogP contribution in [0, 0.1) is 6.92 Å². The first-order chi connectivity index (χ1) is 10.9. The van der Waals surface area contributed by atoms with Gasteiger partial charge in [-0.3, -0.25) is 9.40 Å². The minimum Gasteiger partial charge on any atom is -0.279 e. The Kier molecular flexibility index (Phi) is 4.18. The molecule has 3 aromatic rings. The van der Waals surface area contributed by atoms with Gasteiger partial charge in [-0.2, -0.15) is 5.10 Å². The van der Waals surface area contributed by atoms with Crippen LogP contribution < -0.4 is 4.72 Å². The van der Waals surface area contributed by atoms with Gasteiger partial charge in [0.25, 0.3) is 10.0 Å². The number of hydrogen-bond acceptors (Lipinski definition) is 4. The van der Waals surface area contributed by atoms with E-state index in [1.54, 1.807) is 25.2 Å². The molecule has 0 fully saturated rings. The Morgan fingerprint density at radius 3 is 2.74 bits per heavy atom. The molecule has 0 saturated heterocycles. The number of nitrogens with zero attached hydrogens (tertiary/aromatic N) is 2. The SMILES string of the molecule is Cc1ccc(NS(=O)(=O)c2cn(C)nc2-c2cccs2)cc1Cl. The molecule has 2 heterocycles. The molecule has 0 radical (unpaired) electrons. The normalized spacial score (nSPS) is 11.6. The standard InChI is InChI=1S/C15H14ClN3O2S2/c1-10-5-6-11(8-12(10)16)18-23(20,21)14-9-19(2)17-15(14)13-4-3-7-22-13/h3-9,18H,1-2H3. The maximum atomic E-state index is 12.7. The number of benzene rings is 1. The van der Waals surface area contributed by atoms with Crippen LogP contribution in [0.4, 0.5) is 5.69 Å². The zero-order valence-electron chi connectivity index (χ0n) is 12.4. The van der Waals surface area contributed by atoms with Crippen LogP contribution >= 0.6 is 22.9 Å². The van der Waals surface area contributed by atoms with E-state index in [4.69, 9.17) is 11.6 Å². The number of thiophene rings is 1. The van der Waals surface area contributed by atoms with E-state index in [0.29, 0.717) is 16.4 Å². The number of hydrogen-bond donors (Lipinski definition) is 1. The second kappa shape index (κ2) is 5.99. The molecule has 0 unspecified atom stereocenters. The van der Waals surface area contributed by atoms with Crippen LogP contribution in [-0.4, -0.2) is 18.2 Å². The third-order valence-corrected chi connectivity index (χ3v) is 5.93. The summed E-state index contributed by atoms with van der Waals surface area (Å²) in [6.45, 7) is 1.86. The lowest BCUT2D eigenvalue weighted by atomic mass is 10.2. The fourth-order valence-corrected chi connectivity index (χ4v) is 4.33. The average molecular weight is 368 g/mol. The molecule has 0 spiro atoms. The summed E-state index contributed by atoms with van der Waals surface area (Å²) < 4.78 is 29.5. The predicted molar refractivity (Wildman–Crippen MR) is 93.5 cm³/mol. The lowest BCUT2D eigenvalue weighted by molar-refractivity contribution is 0.601.